The highest BCUT2D eigenvalue weighted by Crippen LogP contribution is 2.45. The zero-order valence-corrected chi connectivity index (χ0v) is 11.3. The van der Waals surface area contributed by atoms with Gasteiger partial charge in [0.1, 0.15) is 0 Å². The van der Waals surface area contributed by atoms with Crippen LogP contribution in [0.25, 0.3) is 11.1 Å². The lowest BCUT2D eigenvalue weighted by atomic mass is 9.98. The summed E-state index contributed by atoms with van der Waals surface area (Å²) < 4.78 is 0. The van der Waals surface area contributed by atoms with Crippen molar-refractivity contribution in [2.75, 3.05) is 0 Å². The molecule has 0 aliphatic heterocycles. The summed E-state index contributed by atoms with van der Waals surface area (Å²) in [7, 11) is 0. The standard InChI is InChI=1S/C19H18/c1-3-12-7-9-16-17-10-8-13-4-2-6-15(13)19(17)11-18(16)14(12)5-1/h7-10H,1-6,11H2. The van der Waals surface area contributed by atoms with E-state index >= 15 is 0 Å². The van der Waals surface area contributed by atoms with Crippen molar-refractivity contribution in [3.05, 3.63) is 57.6 Å². The molecule has 0 saturated heterocycles. The fourth-order valence-corrected chi connectivity index (χ4v) is 4.57. The van der Waals surface area contributed by atoms with Crippen LogP contribution in [0.5, 0.6) is 0 Å². The monoisotopic (exact) mass is 246 g/mol. The Labute approximate surface area is 114 Å². The molecule has 0 heterocycles. The van der Waals surface area contributed by atoms with Crippen molar-refractivity contribution in [2.45, 2.75) is 44.9 Å². The van der Waals surface area contributed by atoms with E-state index in [1.54, 1.807) is 44.5 Å². The number of rotatable bonds is 0. The average Bonchev–Trinajstić information content (AvgIpc) is 3.14. The van der Waals surface area contributed by atoms with E-state index in [0.717, 1.165) is 0 Å². The first-order valence-corrected chi connectivity index (χ1v) is 7.69. The van der Waals surface area contributed by atoms with Crippen molar-refractivity contribution in [1.29, 1.82) is 0 Å². The van der Waals surface area contributed by atoms with Gasteiger partial charge in [-0.1, -0.05) is 24.3 Å². The quantitative estimate of drug-likeness (QED) is 0.556. The SMILES string of the molecule is c1cc2c(c3c1CCC3)Cc1c-2ccc2c1CCC2. The van der Waals surface area contributed by atoms with Crippen molar-refractivity contribution < 1.29 is 0 Å². The average molecular weight is 246 g/mol. The zero-order valence-electron chi connectivity index (χ0n) is 11.3. The lowest BCUT2D eigenvalue weighted by Gasteiger charge is -2.07. The van der Waals surface area contributed by atoms with Gasteiger partial charge in [0.25, 0.3) is 0 Å². The molecule has 2 aromatic rings. The van der Waals surface area contributed by atoms with Gasteiger partial charge in [0.05, 0.1) is 0 Å². The maximum absolute atomic E-state index is 2.40. The molecule has 0 radical (unpaired) electrons. The second-order valence-electron chi connectivity index (χ2n) is 6.34. The smallest absolute Gasteiger partial charge is 0.000778 e. The van der Waals surface area contributed by atoms with Crippen LogP contribution in [0.3, 0.4) is 0 Å². The summed E-state index contributed by atoms with van der Waals surface area (Å²) in [5, 5.41) is 0. The highest BCUT2D eigenvalue weighted by Gasteiger charge is 2.28. The molecule has 0 N–H and O–H groups in total. The number of benzene rings is 2. The largest absolute Gasteiger partial charge is 0.0581 e. The molecule has 0 unspecified atom stereocenters. The van der Waals surface area contributed by atoms with E-state index in [-0.39, 0.29) is 0 Å². The van der Waals surface area contributed by atoms with Gasteiger partial charge in [-0.2, -0.15) is 0 Å². The Morgan fingerprint density at radius 3 is 1.58 bits per heavy atom. The van der Waals surface area contributed by atoms with Crippen molar-refractivity contribution >= 4 is 0 Å². The van der Waals surface area contributed by atoms with E-state index in [2.05, 4.69) is 24.3 Å². The van der Waals surface area contributed by atoms with Crippen LogP contribution in [-0.2, 0) is 32.1 Å². The third-order valence-electron chi connectivity index (χ3n) is 5.45. The Balaban J connectivity index is 1.78. The Kier molecular flexibility index (Phi) is 1.89. The fourth-order valence-electron chi connectivity index (χ4n) is 4.57. The van der Waals surface area contributed by atoms with Gasteiger partial charge in [-0.25, -0.2) is 0 Å². The molecular weight excluding hydrogens is 228 g/mol. The van der Waals surface area contributed by atoms with E-state index < -0.39 is 0 Å². The summed E-state index contributed by atoms with van der Waals surface area (Å²) >= 11 is 0. The molecule has 94 valence electrons. The maximum Gasteiger partial charge on any atom is -0.000778 e. The van der Waals surface area contributed by atoms with Crippen LogP contribution in [0.2, 0.25) is 0 Å². The molecule has 0 bridgehead atoms. The number of fused-ring (bicyclic) bond motifs is 7. The minimum atomic E-state index is 1.22. The number of hydrogen-bond donors (Lipinski definition) is 0. The lowest BCUT2D eigenvalue weighted by Crippen LogP contribution is -1.93. The molecule has 5 rings (SSSR count). The second kappa shape index (κ2) is 3.50. The van der Waals surface area contributed by atoms with E-state index in [4.69, 9.17) is 0 Å². The predicted molar refractivity (Wildman–Crippen MR) is 78.7 cm³/mol. The van der Waals surface area contributed by atoms with Gasteiger partial charge in [0, 0.05) is 0 Å². The minimum Gasteiger partial charge on any atom is -0.0581 e. The van der Waals surface area contributed by atoms with Crippen LogP contribution in [-0.4, -0.2) is 0 Å². The van der Waals surface area contributed by atoms with Crippen molar-refractivity contribution in [2.24, 2.45) is 0 Å². The Bertz CT molecular complexity index is 645. The predicted octanol–water partition coefficient (Wildman–Crippen LogP) is 4.24. The van der Waals surface area contributed by atoms with Crippen LogP contribution >= 0.6 is 0 Å². The van der Waals surface area contributed by atoms with E-state index in [1.165, 1.54) is 44.9 Å². The molecule has 2 aromatic carbocycles. The van der Waals surface area contributed by atoms with Crippen molar-refractivity contribution in [3.63, 3.8) is 0 Å². The number of aryl methyl sites for hydroxylation is 2. The topological polar surface area (TPSA) is 0 Å². The number of hydrogen-bond acceptors (Lipinski definition) is 0. The first-order chi connectivity index (χ1) is 9.42. The Hall–Kier alpha value is -1.56. The second-order valence-corrected chi connectivity index (χ2v) is 6.34. The lowest BCUT2D eigenvalue weighted by molar-refractivity contribution is 0.903. The van der Waals surface area contributed by atoms with Gasteiger partial charge < -0.3 is 0 Å². The highest BCUT2D eigenvalue weighted by atomic mass is 14.3. The molecule has 0 fully saturated rings. The fraction of sp³-hybridized carbons (Fsp3) is 0.368. The van der Waals surface area contributed by atoms with Crippen LogP contribution in [0.15, 0.2) is 24.3 Å². The van der Waals surface area contributed by atoms with Crippen LogP contribution in [0.4, 0.5) is 0 Å². The summed E-state index contributed by atoms with van der Waals surface area (Å²) in [5.74, 6) is 0. The molecule has 3 aliphatic rings. The molecule has 0 saturated carbocycles. The van der Waals surface area contributed by atoms with E-state index in [1.807, 2.05) is 0 Å². The zero-order chi connectivity index (χ0) is 12.4. The molecule has 3 aliphatic carbocycles. The third-order valence-corrected chi connectivity index (χ3v) is 5.45. The van der Waals surface area contributed by atoms with Gasteiger partial charge in [-0.05, 0) is 89.5 Å². The van der Waals surface area contributed by atoms with E-state index in [0.29, 0.717) is 0 Å². The molecule has 0 aromatic heterocycles. The van der Waals surface area contributed by atoms with E-state index in [9.17, 15) is 0 Å². The molecule has 0 nitrogen and oxygen atoms in total. The van der Waals surface area contributed by atoms with Gasteiger partial charge in [0.15, 0.2) is 0 Å². The van der Waals surface area contributed by atoms with Crippen LogP contribution < -0.4 is 0 Å². The highest BCUT2D eigenvalue weighted by molar-refractivity contribution is 5.80. The van der Waals surface area contributed by atoms with Gasteiger partial charge in [-0.15, -0.1) is 0 Å². The van der Waals surface area contributed by atoms with Crippen LogP contribution in [0.1, 0.15) is 46.2 Å². The minimum absolute atomic E-state index is 1.22. The van der Waals surface area contributed by atoms with Crippen LogP contribution in [0, 0.1) is 0 Å². The van der Waals surface area contributed by atoms with Crippen molar-refractivity contribution in [3.8, 4) is 11.1 Å². The molecule has 0 atom stereocenters. The Morgan fingerprint density at radius 2 is 1.05 bits per heavy atom. The van der Waals surface area contributed by atoms with Crippen molar-refractivity contribution in [1.82, 2.24) is 0 Å². The molecule has 0 amide bonds. The normalized spacial score (nSPS) is 18.1. The third kappa shape index (κ3) is 1.25. The summed E-state index contributed by atoms with van der Waals surface area (Å²) in [6, 6.07) is 9.58. The maximum atomic E-state index is 2.40. The summed E-state index contributed by atoms with van der Waals surface area (Å²) in [6.45, 7) is 0. The Morgan fingerprint density at radius 1 is 0.526 bits per heavy atom. The molecule has 19 heavy (non-hydrogen) atoms. The first-order valence-electron chi connectivity index (χ1n) is 7.69. The summed E-state index contributed by atoms with van der Waals surface area (Å²) in [4.78, 5) is 0. The molecule has 0 heteroatoms. The summed E-state index contributed by atoms with van der Waals surface area (Å²) in [6.07, 6.45) is 9.18. The summed E-state index contributed by atoms with van der Waals surface area (Å²) in [5.41, 5.74) is 13.1. The van der Waals surface area contributed by atoms with Gasteiger partial charge in [0.2, 0.25) is 0 Å². The molecule has 0 spiro atoms. The van der Waals surface area contributed by atoms with Gasteiger partial charge >= 0.3 is 0 Å². The van der Waals surface area contributed by atoms with Gasteiger partial charge in [-0.3, -0.25) is 0 Å². The molecular formula is C19H18. The first kappa shape index (κ1) is 10.3.